The molecule has 21 heavy (non-hydrogen) atoms. The van der Waals surface area contributed by atoms with E-state index < -0.39 is 24.5 Å². The van der Waals surface area contributed by atoms with Gasteiger partial charge >= 0.3 is 12.3 Å². The Morgan fingerprint density at radius 3 is 1.71 bits per heavy atom. The Hall–Kier alpha value is -1.80. The lowest BCUT2D eigenvalue weighted by atomic mass is 9.97. The average Bonchev–Trinajstić information content (AvgIpc) is 2.88. The van der Waals surface area contributed by atoms with Crippen molar-refractivity contribution in [1.29, 1.82) is 0 Å². The van der Waals surface area contributed by atoms with E-state index in [1.165, 1.54) is 14.2 Å². The number of rotatable bonds is 2. The fourth-order valence-electron chi connectivity index (χ4n) is 2.25. The van der Waals surface area contributed by atoms with E-state index in [0.717, 1.165) is 0 Å². The molecule has 8 heteroatoms. The standard InChI is InChI=1S/C13H18O8/c1-16-12(14)20-8-3-4-9(21-13(15)17-2)6-11-10(5-8)18-7-19-11/h3-4,8-11H,5-7H2,1-2H3/b4-3+. The summed E-state index contributed by atoms with van der Waals surface area (Å²) in [4.78, 5) is 22.4. The first-order chi connectivity index (χ1) is 10.1. The summed E-state index contributed by atoms with van der Waals surface area (Å²) < 4.78 is 30.1. The minimum Gasteiger partial charge on any atom is -0.438 e. The molecule has 0 amide bonds. The minimum absolute atomic E-state index is 0.158. The van der Waals surface area contributed by atoms with E-state index in [0.29, 0.717) is 12.8 Å². The van der Waals surface area contributed by atoms with Crippen LogP contribution in [-0.2, 0) is 28.4 Å². The molecule has 4 unspecified atom stereocenters. The van der Waals surface area contributed by atoms with Crippen molar-refractivity contribution in [2.24, 2.45) is 0 Å². The molecule has 0 aromatic carbocycles. The number of methoxy groups -OCH3 is 2. The predicted molar refractivity (Wildman–Crippen MR) is 67.5 cm³/mol. The van der Waals surface area contributed by atoms with Crippen LogP contribution in [0.5, 0.6) is 0 Å². The maximum Gasteiger partial charge on any atom is 0.508 e. The van der Waals surface area contributed by atoms with Crippen molar-refractivity contribution in [2.75, 3.05) is 21.0 Å². The van der Waals surface area contributed by atoms with Crippen molar-refractivity contribution >= 4 is 12.3 Å². The molecule has 0 bridgehead atoms. The van der Waals surface area contributed by atoms with Crippen molar-refractivity contribution in [3.05, 3.63) is 12.2 Å². The van der Waals surface area contributed by atoms with Gasteiger partial charge in [0.2, 0.25) is 0 Å². The average molecular weight is 302 g/mol. The molecule has 1 fully saturated rings. The Labute approximate surface area is 121 Å². The van der Waals surface area contributed by atoms with Gasteiger partial charge in [-0.15, -0.1) is 0 Å². The van der Waals surface area contributed by atoms with Gasteiger partial charge in [-0.05, 0) is 12.2 Å². The third-order valence-corrected chi connectivity index (χ3v) is 3.28. The van der Waals surface area contributed by atoms with Gasteiger partial charge in [-0.2, -0.15) is 0 Å². The van der Waals surface area contributed by atoms with Gasteiger partial charge < -0.3 is 28.4 Å². The first kappa shape index (κ1) is 15.6. The van der Waals surface area contributed by atoms with Gasteiger partial charge in [0, 0.05) is 12.8 Å². The highest BCUT2D eigenvalue weighted by molar-refractivity contribution is 5.60. The Bertz CT molecular complexity index is 371. The molecular formula is C13H18O8. The summed E-state index contributed by atoms with van der Waals surface area (Å²) in [6.07, 6.45) is 1.03. The number of fused-ring (bicyclic) bond motifs is 1. The maximum absolute atomic E-state index is 11.2. The lowest BCUT2D eigenvalue weighted by molar-refractivity contribution is 0.00787. The third kappa shape index (κ3) is 4.33. The molecule has 0 radical (unpaired) electrons. The normalized spacial score (nSPS) is 33.0. The molecule has 8 nitrogen and oxygen atoms in total. The van der Waals surface area contributed by atoms with Gasteiger partial charge in [-0.3, -0.25) is 0 Å². The summed E-state index contributed by atoms with van der Waals surface area (Å²) in [5, 5.41) is 0. The molecule has 1 aliphatic heterocycles. The first-order valence-electron chi connectivity index (χ1n) is 6.53. The Morgan fingerprint density at radius 2 is 1.33 bits per heavy atom. The van der Waals surface area contributed by atoms with Crippen molar-refractivity contribution in [3.8, 4) is 0 Å². The van der Waals surface area contributed by atoms with Crippen LogP contribution in [0.15, 0.2) is 12.2 Å². The zero-order valence-electron chi connectivity index (χ0n) is 11.9. The van der Waals surface area contributed by atoms with E-state index in [-0.39, 0.29) is 19.0 Å². The number of carbonyl (C=O) groups is 2. The van der Waals surface area contributed by atoms with Gasteiger partial charge in [0.15, 0.2) is 0 Å². The lowest BCUT2D eigenvalue weighted by Gasteiger charge is -2.26. The monoisotopic (exact) mass is 302 g/mol. The van der Waals surface area contributed by atoms with E-state index in [2.05, 4.69) is 9.47 Å². The van der Waals surface area contributed by atoms with Crippen LogP contribution in [0.3, 0.4) is 0 Å². The Kier molecular flexibility index (Phi) is 5.40. The lowest BCUT2D eigenvalue weighted by Crippen LogP contribution is -2.35. The highest BCUT2D eigenvalue weighted by Gasteiger charge is 2.36. The fourth-order valence-corrected chi connectivity index (χ4v) is 2.25. The molecule has 0 aromatic rings. The molecule has 2 rings (SSSR count). The molecule has 0 N–H and O–H groups in total. The molecule has 0 saturated carbocycles. The molecule has 0 spiro atoms. The second-order valence-corrected chi connectivity index (χ2v) is 4.61. The number of carbonyl (C=O) groups excluding carboxylic acids is 2. The van der Waals surface area contributed by atoms with Crippen LogP contribution < -0.4 is 0 Å². The third-order valence-electron chi connectivity index (χ3n) is 3.28. The van der Waals surface area contributed by atoms with E-state index in [1.54, 1.807) is 12.2 Å². The van der Waals surface area contributed by atoms with Crippen LogP contribution in [0.1, 0.15) is 12.8 Å². The Balaban J connectivity index is 2.07. The summed E-state index contributed by atoms with van der Waals surface area (Å²) in [7, 11) is 2.46. The second kappa shape index (κ2) is 7.28. The Morgan fingerprint density at radius 1 is 0.905 bits per heavy atom. The van der Waals surface area contributed by atoms with Gasteiger partial charge in [-0.1, -0.05) is 0 Å². The van der Waals surface area contributed by atoms with Gasteiger partial charge in [0.05, 0.1) is 26.4 Å². The summed E-state index contributed by atoms with van der Waals surface area (Å²) in [5.74, 6) is 0. The van der Waals surface area contributed by atoms with Crippen molar-refractivity contribution < 1.29 is 38.0 Å². The maximum atomic E-state index is 11.2. The predicted octanol–water partition coefficient (Wildman–Crippen LogP) is 1.38. The van der Waals surface area contributed by atoms with Crippen LogP contribution >= 0.6 is 0 Å². The van der Waals surface area contributed by atoms with Gasteiger partial charge in [0.25, 0.3) is 0 Å². The fraction of sp³-hybridized carbons (Fsp3) is 0.692. The zero-order valence-corrected chi connectivity index (χ0v) is 11.9. The van der Waals surface area contributed by atoms with E-state index in [4.69, 9.17) is 18.9 Å². The molecule has 2 aliphatic rings. The SMILES string of the molecule is COC(=O)OC1/C=C/C(OC(=O)OC)CC2OCOC2C1. The molecule has 1 aliphatic carbocycles. The van der Waals surface area contributed by atoms with Crippen LogP contribution in [0.25, 0.3) is 0 Å². The highest BCUT2D eigenvalue weighted by atomic mass is 16.7. The van der Waals surface area contributed by atoms with Crippen LogP contribution in [-0.4, -0.2) is 57.7 Å². The summed E-state index contributed by atoms with van der Waals surface area (Å²) >= 11 is 0. The summed E-state index contributed by atoms with van der Waals surface area (Å²) in [5.41, 5.74) is 0. The smallest absolute Gasteiger partial charge is 0.438 e. The molecule has 1 saturated heterocycles. The van der Waals surface area contributed by atoms with E-state index >= 15 is 0 Å². The van der Waals surface area contributed by atoms with Crippen molar-refractivity contribution in [3.63, 3.8) is 0 Å². The van der Waals surface area contributed by atoms with Crippen molar-refractivity contribution in [2.45, 2.75) is 37.3 Å². The van der Waals surface area contributed by atoms with Gasteiger partial charge in [-0.25, -0.2) is 9.59 Å². The van der Waals surface area contributed by atoms with Gasteiger partial charge in [0.1, 0.15) is 19.0 Å². The number of hydrogen-bond donors (Lipinski definition) is 0. The number of ether oxygens (including phenoxy) is 6. The zero-order chi connectivity index (χ0) is 15.2. The second-order valence-electron chi connectivity index (χ2n) is 4.61. The molecule has 1 heterocycles. The van der Waals surface area contributed by atoms with Crippen LogP contribution in [0.4, 0.5) is 9.59 Å². The summed E-state index contributed by atoms with van der Waals surface area (Å²) in [6, 6.07) is 0. The van der Waals surface area contributed by atoms with Crippen molar-refractivity contribution in [1.82, 2.24) is 0 Å². The molecule has 4 atom stereocenters. The molecule has 118 valence electrons. The van der Waals surface area contributed by atoms with Crippen LogP contribution in [0.2, 0.25) is 0 Å². The largest absolute Gasteiger partial charge is 0.508 e. The summed E-state index contributed by atoms with van der Waals surface area (Å²) in [6.45, 7) is 0.158. The first-order valence-corrected chi connectivity index (χ1v) is 6.53. The van der Waals surface area contributed by atoms with Crippen LogP contribution in [0, 0.1) is 0 Å². The molecular weight excluding hydrogens is 284 g/mol. The highest BCUT2D eigenvalue weighted by Crippen LogP contribution is 2.27. The van der Waals surface area contributed by atoms with E-state index in [9.17, 15) is 9.59 Å². The number of hydrogen-bond acceptors (Lipinski definition) is 8. The quantitative estimate of drug-likeness (QED) is 0.558. The van der Waals surface area contributed by atoms with E-state index in [1.807, 2.05) is 0 Å². The minimum atomic E-state index is -0.786. The molecule has 0 aromatic heterocycles. The topological polar surface area (TPSA) is 89.5 Å².